The van der Waals surface area contributed by atoms with E-state index in [-0.39, 0.29) is 18.9 Å². The fourth-order valence-electron chi connectivity index (χ4n) is 2.98. The van der Waals surface area contributed by atoms with Gasteiger partial charge < -0.3 is 4.74 Å². The van der Waals surface area contributed by atoms with Crippen LogP contribution in [0.5, 0.6) is 5.75 Å². The Morgan fingerprint density at radius 2 is 1.71 bits per heavy atom. The van der Waals surface area contributed by atoms with Crippen LogP contribution in [0.2, 0.25) is 5.15 Å². The molecule has 0 radical (unpaired) electrons. The predicted octanol–water partition coefficient (Wildman–Crippen LogP) is 2.52. The number of halogens is 1. The molecular formula is C20H13ClLiNO. The van der Waals surface area contributed by atoms with Crippen LogP contribution in [-0.4, -0.2) is 12.1 Å². The zero-order valence-electron chi connectivity index (χ0n) is 13.5. The monoisotopic (exact) mass is 325 g/mol. The molecule has 4 rings (SSSR count). The molecule has 0 saturated heterocycles. The molecule has 112 valence electrons. The number of benzene rings is 3. The van der Waals surface area contributed by atoms with Gasteiger partial charge in [0.25, 0.3) is 0 Å². The fourth-order valence-corrected chi connectivity index (χ4v) is 3.16. The van der Waals surface area contributed by atoms with Gasteiger partial charge in [0.05, 0.1) is 12.3 Å². The van der Waals surface area contributed by atoms with Gasteiger partial charge in [0.15, 0.2) is 0 Å². The van der Waals surface area contributed by atoms with Gasteiger partial charge in [-0.15, -0.1) is 23.6 Å². The number of ether oxygens (including phenoxy) is 1. The van der Waals surface area contributed by atoms with E-state index < -0.39 is 0 Å². The summed E-state index contributed by atoms with van der Waals surface area (Å²) in [4.78, 5) is 4.55. The number of rotatable bonds is 2. The largest absolute Gasteiger partial charge is 1.00 e. The summed E-state index contributed by atoms with van der Waals surface area (Å²) in [5.74, 6) is 0.827. The van der Waals surface area contributed by atoms with Crippen LogP contribution in [0.15, 0.2) is 60.7 Å². The minimum Gasteiger partial charge on any atom is -0.496 e. The van der Waals surface area contributed by atoms with Crippen molar-refractivity contribution < 1.29 is 23.6 Å². The van der Waals surface area contributed by atoms with Crippen LogP contribution in [0.4, 0.5) is 0 Å². The maximum Gasteiger partial charge on any atom is 1.00 e. The van der Waals surface area contributed by atoms with Crippen molar-refractivity contribution >= 4 is 33.1 Å². The van der Waals surface area contributed by atoms with Crippen molar-refractivity contribution in [2.24, 2.45) is 0 Å². The molecule has 0 saturated carbocycles. The van der Waals surface area contributed by atoms with Crippen molar-refractivity contribution in [1.82, 2.24) is 4.98 Å². The number of methoxy groups -OCH3 is 1. The Morgan fingerprint density at radius 1 is 0.958 bits per heavy atom. The van der Waals surface area contributed by atoms with Crippen molar-refractivity contribution in [2.75, 3.05) is 7.11 Å². The van der Waals surface area contributed by atoms with E-state index in [0.29, 0.717) is 5.15 Å². The second-order valence-electron chi connectivity index (χ2n) is 5.29. The average Bonchev–Trinajstić information content (AvgIpc) is 2.60. The second kappa shape index (κ2) is 6.87. The van der Waals surface area contributed by atoms with Crippen LogP contribution in [0.3, 0.4) is 0 Å². The van der Waals surface area contributed by atoms with E-state index in [1.807, 2.05) is 42.5 Å². The Balaban J connectivity index is 0.00000169. The third-order valence-corrected chi connectivity index (χ3v) is 4.15. The van der Waals surface area contributed by atoms with Gasteiger partial charge >= 0.3 is 18.9 Å². The van der Waals surface area contributed by atoms with Crippen molar-refractivity contribution in [2.45, 2.75) is 0 Å². The summed E-state index contributed by atoms with van der Waals surface area (Å²) in [7, 11) is 1.68. The molecule has 2 nitrogen and oxygen atoms in total. The minimum atomic E-state index is 0. The fraction of sp³-hybridized carbons (Fsp3) is 0.0500. The molecule has 0 bridgehead atoms. The van der Waals surface area contributed by atoms with Crippen molar-refractivity contribution in [1.29, 1.82) is 0 Å². The van der Waals surface area contributed by atoms with Crippen LogP contribution in [-0.2, 0) is 0 Å². The van der Waals surface area contributed by atoms with Gasteiger partial charge in [-0.05, 0) is 17.0 Å². The first-order valence-electron chi connectivity index (χ1n) is 7.31. The average molecular weight is 326 g/mol. The van der Waals surface area contributed by atoms with E-state index in [1.165, 1.54) is 0 Å². The van der Waals surface area contributed by atoms with Gasteiger partial charge in [-0.1, -0.05) is 48.0 Å². The van der Waals surface area contributed by atoms with E-state index in [9.17, 15) is 0 Å². The zero-order chi connectivity index (χ0) is 15.8. The van der Waals surface area contributed by atoms with Crippen LogP contribution in [0, 0.1) is 6.07 Å². The SMILES string of the molecule is COc1cccc2cccc(-c3nc(Cl)[c-]c4ccccc34)c12.[Li+]. The van der Waals surface area contributed by atoms with E-state index in [2.05, 4.69) is 29.2 Å². The van der Waals surface area contributed by atoms with Crippen LogP contribution >= 0.6 is 11.6 Å². The van der Waals surface area contributed by atoms with Crippen molar-refractivity contribution in [3.8, 4) is 17.0 Å². The normalized spacial score (nSPS) is 10.6. The molecule has 0 amide bonds. The van der Waals surface area contributed by atoms with Gasteiger partial charge in [0, 0.05) is 11.1 Å². The van der Waals surface area contributed by atoms with E-state index >= 15 is 0 Å². The van der Waals surface area contributed by atoms with E-state index in [4.69, 9.17) is 16.3 Å². The summed E-state index contributed by atoms with van der Waals surface area (Å²) in [5.41, 5.74) is 1.85. The maximum atomic E-state index is 6.20. The Bertz CT molecular complexity index is 1030. The Hall–Kier alpha value is -1.98. The molecule has 0 fully saturated rings. The van der Waals surface area contributed by atoms with Crippen molar-refractivity contribution in [3.63, 3.8) is 0 Å². The van der Waals surface area contributed by atoms with Gasteiger partial charge in [-0.2, -0.15) is 11.5 Å². The minimum absolute atomic E-state index is 0. The Labute approximate surface area is 157 Å². The smallest absolute Gasteiger partial charge is 0.496 e. The number of hydrogen-bond donors (Lipinski definition) is 0. The molecule has 4 heteroatoms. The van der Waals surface area contributed by atoms with Crippen LogP contribution in [0.1, 0.15) is 0 Å². The molecule has 0 N–H and O–H groups in total. The number of pyridine rings is 1. The van der Waals surface area contributed by atoms with E-state index in [0.717, 1.165) is 38.6 Å². The van der Waals surface area contributed by atoms with E-state index in [1.54, 1.807) is 7.11 Å². The number of nitrogens with zero attached hydrogens (tertiary/aromatic N) is 1. The molecule has 0 unspecified atom stereocenters. The first-order valence-corrected chi connectivity index (χ1v) is 7.69. The molecular weight excluding hydrogens is 313 g/mol. The Morgan fingerprint density at radius 3 is 2.50 bits per heavy atom. The molecule has 3 aromatic carbocycles. The summed E-state index contributed by atoms with van der Waals surface area (Å²) in [6.07, 6.45) is 0. The summed E-state index contributed by atoms with van der Waals surface area (Å²) in [5, 5.41) is 4.49. The zero-order valence-corrected chi connectivity index (χ0v) is 14.3. The van der Waals surface area contributed by atoms with Crippen LogP contribution < -0.4 is 23.6 Å². The Kier molecular flexibility index (Phi) is 4.82. The summed E-state index contributed by atoms with van der Waals surface area (Å²) in [6, 6.07) is 23.3. The summed E-state index contributed by atoms with van der Waals surface area (Å²) >= 11 is 6.20. The predicted molar refractivity (Wildman–Crippen MR) is 95.1 cm³/mol. The summed E-state index contributed by atoms with van der Waals surface area (Å²) < 4.78 is 5.56. The molecule has 0 aliphatic heterocycles. The van der Waals surface area contributed by atoms with Gasteiger partial charge in [0.2, 0.25) is 0 Å². The number of hydrogen-bond acceptors (Lipinski definition) is 2. The van der Waals surface area contributed by atoms with Crippen molar-refractivity contribution in [3.05, 3.63) is 71.9 Å². The molecule has 0 aliphatic rings. The molecule has 0 aliphatic carbocycles. The molecule has 1 aromatic heterocycles. The molecule has 0 atom stereocenters. The molecule has 0 spiro atoms. The number of aromatic nitrogens is 1. The first-order chi connectivity index (χ1) is 11.3. The third kappa shape index (κ3) is 2.78. The number of fused-ring (bicyclic) bond motifs is 2. The molecule has 24 heavy (non-hydrogen) atoms. The van der Waals surface area contributed by atoms with Gasteiger partial charge in [-0.3, -0.25) is 4.98 Å². The standard InChI is InChI=1S/C20H13ClNO.Li/c1-23-17-11-5-8-13-7-4-10-16(19(13)17)20-15-9-3-2-6-14(15)12-18(21)22-20;/h2-11H,1H3;/q-1;+1. The second-order valence-corrected chi connectivity index (χ2v) is 5.64. The first kappa shape index (κ1) is 16.9. The molecule has 1 heterocycles. The van der Waals surface area contributed by atoms with Gasteiger partial charge in [-0.25, -0.2) is 0 Å². The third-order valence-electron chi connectivity index (χ3n) is 3.97. The molecule has 4 aromatic rings. The van der Waals surface area contributed by atoms with Crippen LogP contribution in [0.25, 0.3) is 32.8 Å². The topological polar surface area (TPSA) is 22.1 Å². The maximum absolute atomic E-state index is 6.20. The quantitative estimate of drug-likeness (QED) is 0.321. The summed E-state index contributed by atoms with van der Waals surface area (Å²) in [6.45, 7) is 0. The van der Waals surface area contributed by atoms with Gasteiger partial charge in [0.1, 0.15) is 5.75 Å².